The lowest BCUT2D eigenvalue weighted by Crippen LogP contribution is -1.84. The topological polar surface area (TPSA) is 0 Å². The minimum atomic E-state index is 1.13. The predicted molar refractivity (Wildman–Crippen MR) is 255 cm³/mol. The van der Waals surface area contributed by atoms with Crippen molar-refractivity contribution in [2.24, 2.45) is 0 Å². The summed E-state index contributed by atoms with van der Waals surface area (Å²) in [5.41, 5.74) is 16.5. The van der Waals surface area contributed by atoms with Gasteiger partial charge in [-0.3, -0.25) is 0 Å². The Labute approximate surface area is 345 Å². The lowest BCUT2D eigenvalue weighted by molar-refractivity contribution is 0.879. The van der Waals surface area contributed by atoms with Crippen LogP contribution in [0.2, 0.25) is 0 Å². The summed E-state index contributed by atoms with van der Waals surface area (Å²) in [7, 11) is 0. The maximum absolute atomic E-state index is 3.85. The monoisotopic (exact) mass is 750 g/mol. The fourth-order valence-corrected chi connectivity index (χ4v) is 6.53. The molecule has 0 unspecified atom stereocenters. The van der Waals surface area contributed by atoms with Gasteiger partial charge in [0.15, 0.2) is 0 Å². The highest BCUT2D eigenvalue weighted by Crippen LogP contribution is 2.18. The molecule has 1 radical (unpaired) electrons. The summed E-state index contributed by atoms with van der Waals surface area (Å²) >= 11 is 0. The number of hydrogen-bond donors (Lipinski definition) is 0. The van der Waals surface area contributed by atoms with Crippen LogP contribution >= 0.6 is 0 Å². The van der Waals surface area contributed by atoms with Gasteiger partial charge in [0.05, 0.1) is 0 Å². The minimum Gasteiger partial charge on any atom is -0.0856 e. The molecule has 0 atom stereocenters. The van der Waals surface area contributed by atoms with E-state index in [1.165, 1.54) is 132 Å². The summed E-state index contributed by atoms with van der Waals surface area (Å²) in [4.78, 5) is 0. The molecule has 0 rings (SSSR count). The Bertz CT molecular complexity index is 1390. The highest BCUT2D eigenvalue weighted by atomic mass is 14.0. The van der Waals surface area contributed by atoms with Crippen molar-refractivity contribution in [2.45, 2.75) is 212 Å². The van der Waals surface area contributed by atoms with Gasteiger partial charge in [-0.15, -0.1) is 0 Å². The molecule has 0 heterocycles. The van der Waals surface area contributed by atoms with E-state index in [4.69, 9.17) is 0 Å². The quantitative estimate of drug-likeness (QED) is 0.0642. The molecule has 0 saturated carbocycles. The molecule has 0 N–H and O–H groups in total. The lowest BCUT2D eigenvalue weighted by Gasteiger charge is -2.04. The van der Waals surface area contributed by atoms with E-state index >= 15 is 0 Å². The Morgan fingerprint density at radius 1 is 0.236 bits per heavy atom. The van der Waals surface area contributed by atoms with E-state index in [0.29, 0.717) is 0 Å². The summed E-state index contributed by atoms with van der Waals surface area (Å²) in [5.74, 6) is 0. The van der Waals surface area contributed by atoms with E-state index in [1.54, 1.807) is 0 Å². The molecular weight excluding hydrogens is 661 g/mol. The minimum absolute atomic E-state index is 1.13. The van der Waals surface area contributed by atoms with Crippen molar-refractivity contribution in [1.82, 2.24) is 0 Å². The van der Waals surface area contributed by atoms with Crippen molar-refractivity contribution in [1.29, 1.82) is 0 Å². The molecule has 0 nitrogen and oxygen atoms in total. The van der Waals surface area contributed by atoms with Crippen molar-refractivity contribution in [3.05, 3.63) is 135 Å². The fourth-order valence-electron chi connectivity index (χ4n) is 6.53. The van der Waals surface area contributed by atoms with Crippen molar-refractivity contribution in [2.75, 3.05) is 0 Å². The highest BCUT2D eigenvalue weighted by molar-refractivity contribution is 5.11. The van der Waals surface area contributed by atoms with Gasteiger partial charge in [0, 0.05) is 0 Å². The van der Waals surface area contributed by atoms with E-state index in [2.05, 4.69) is 151 Å². The maximum atomic E-state index is 3.85. The average Bonchev–Trinajstić information content (AvgIpc) is 3.11. The second-order valence-electron chi connectivity index (χ2n) is 17.2. The number of hydrogen-bond acceptors (Lipinski definition) is 0. The van der Waals surface area contributed by atoms with Crippen LogP contribution in [-0.2, 0) is 0 Å². The molecule has 0 heteroatoms. The summed E-state index contributed by atoms with van der Waals surface area (Å²) in [6, 6.07) is 0. The van der Waals surface area contributed by atoms with E-state index in [-0.39, 0.29) is 0 Å². The van der Waals surface area contributed by atoms with Crippen LogP contribution in [0.3, 0.4) is 0 Å². The highest BCUT2D eigenvalue weighted by Gasteiger charge is 1.98. The van der Waals surface area contributed by atoms with Crippen LogP contribution in [0.4, 0.5) is 0 Å². The first-order valence-electron chi connectivity index (χ1n) is 22.2. The van der Waals surface area contributed by atoms with Crippen molar-refractivity contribution in [3.63, 3.8) is 0 Å². The molecule has 0 aliphatic heterocycles. The van der Waals surface area contributed by atoms with Crippen molar-refractivity contribution >= 4 is 0 Å². The summed E-state index contributed by atoms with van der Waals surface area (Å²) in [5, 5.41) is 0. The van der Waals surface area contributed by atoms with Crippen LogP contribution in [-0.4, -0.2) is 0 Å². The van der Waals surface area contributed by atoms with Gasteiger partial charge < -0.3 is 0 Å². The summed E-state index contributed by atoms with van der Waals surface area (Å²) in [6.07, 6.45) is 49.7. The van der Waals surface area contributed by atoms with Gasteiger partial charge in [0.2, 0.25) is 0 Å². The van der Waals surface area contributed by atoms with Crippen LogP contribution in [0.1, 0.15) is 212 Å². The zero-order valence-corrected chi connectivity index (χ0v) is 38.7. The Kier molecular flexibility index (Phi) is 32.6. The van der Waals surface area contributed by atoms with Gasteiger partial charge >= 0.3 is 0 Å². The first kappa shape index (κ1) is 52.1. The third kappa shape index (κ3) is 35.3. The molecule has 55 heavy (non-hydrogen) atoms. The lowest BCUT2D eigenvalue weighted by atomic mass is 10.0. The van der Waals surface area contributed by atoms with Crippen molar-refractivity contribution in [3.8, 4) is 0 Å². The van der Waals surface area contributed by atoms with Gasteiger partial charge in [0.25, 0.3) is 0 Å². The van der Waals surface area contributed by atoms with E-state index in [9.17, 15) is 0 Å². The molecule has 0 aromatic heterocycles. The first-order chi connectivity index (χ1) is 26.2. The van der Waals surface area contributed by atoms with Crippen LogP contribution in [0, 0.1) is 6.92 Å². The van der Waals surface area contributed by atoms with Crippen LogP contribution < -0.4 is 0 Å². The molecular formula is C55H89. The first-order valence-corrected chi connectivity index (χ1v) is 22.2. The Hall–Kier alpha value is -2.86. The van der Waals surface area contributed by atoms with Gasteiger partial charge in [-0.25, -0.2) is 0 Å². The fraction of sp³-hybridized carbons (Fsp3) is 0.582. The molecule has 0 aromatic carbocycles. The average molecular weight is 750 g/mol. The van der Waals surface area contributed by atoms with Gasteiger partial charge in [-0.1, -0.05) is 128 Å². The second kappa shape index (κ2) is 34.4. The second-order valence-corrected chi connectivity index (χ2v) is 17.2. The van der Waals surface area contributed by atoms with Gasteiger partial charge in [-0.2, -0.15) is 0 Å². The third-order valence-electron chi connectivity index (χ3n) is 10.7. The zero-order chi connectivity index (χ0) is 41.3. The molecule has 0 aliphatic rings. The van der Waals surface area contributed by atoms with Crippen LogP contribution in [0.15, 0.2) is 128 Å². The molecule has 309 valence electrons. The molecule has 0 spiro atoms. The zero-order valence-electron chi connectivity index (χ0n) is 38.7. The van der Waals surface area contributed by atoms with Gasteiger partial charge in [0.1, 0.15) is 0 Å². The van der Waals surface area contributed by atoms with E-state index in [1.807, 2.05) is 6.08 Å². The predicted octanol–water partition coefficient (Wildman–Crippen LogP) is 19.1. The largest absolute Gasteiger partial charge is 0.0856 e. The smallest absolute Gasteiger partial charge is 0.0288 e. The Balaban J connectivity index is 4.25. The van der Waals surface area contributed by atoms with Crippen LogP contribution in [0.5, 0.6) is 0 Å². The molecule has 0 bridgehead atoms. The molecule has 0 amide bonds. The molecule has 0 saturated heterocycles. The summed E-state index contributed by atoms with van der Waals surface area (Å²) in [6.45, 7) is 31.1. The Morgan fingerprint density at radius 3 is 0.527 bits per heavy atom. The van der Waals surface area contributed by atoms with E-state index in [0.717, 1.165) is 57.8 Å². The summed E-state index contributed by atoms with van der Waals surface area (Å²) < 4.78 is 0. The number of rotatable bonds is 30. The third-order valence-corrected chi connectivity index (χ3v) is 10.7. The SMILES string of the molecule is [CH2]/C=C(\C)CC/C=C(\C)CC/C=C(\C)CC/C=C(\C)CC/C=C(\C)CC/C=C(\C)CC/C=C(\C)CC/C=C(\C)CC/C=C(\C)CC/C=C(\C)CCC=C(C)C. The maximum Gasteiger partial charge on any atom is -0.0288 e. The molecule has 0 aliphatic carbocycles. The molecule has 0 fully saturated rings. The Morgan fingerprint density at radius 2 is 0.382 bits per heavy atom. The normalized spacial score (nSPS) is 15.0. The van der Waals surface area contributed by atoms with Crippen LogP contribution in [0.25, 0.3) is 0 Å². The van der Waals surface area contributed by atoms with Crippen molar-refractivity contribution < 1.29 is 0 Å². The van der Waals surface area contributed by atoms with E-state index < -0.39 is 0 Å². The number of allylic oxidation sites excluding steroid dienone is 22. The van der Waals surface area contributed by atoms with Gasteiger partial charge in [-0.05, 0) is 218 Å². The molecule has 0 aromatic rings. The standard InChI is InChI=1S/C55H89/c1-14-46(4)26-16-28-48(6)30-18-32-50(8)34-20-36-52(10)38-22-40-54(12)42-24-44-55(13)43-23-41-53(11)39-21-37-51(9)35-19-33-49(7)31-17-29-47(5)27-15-25-45(2)3/h14,25,28-29,32-33,36-37,40-41,44H,1,15-24,26-27,30-31,34-35,38-39,42-43H2,2-13H3/b46-14+,47-29+,48-28+,49-33+,50-32+,51-37+,52-36+,53-41+,54-40+,55-44+.